The van der Waals surface area contributed by atoms with Gasteiger partial charge in [0.15, 0.2) is 5.82 Å². The van der Waals surface area contributed by atoms with Crippen LogP contribution in [-0.4, -0.2) is 114 Å². The lowest BCUT2D eigenvalue weighted by molar-refractivity contribution is -0.130. The number of rotatable bonds is 8. The molecule has 1 atom stereocenters. The highest BCUT2D eigenvalue weighted by Gasteiger charge is 2.28. The van der Waals surface area contributed by atoms with Gasteiger partial charge in [0.2, 0.25) is 11.9 Å². The summed E-state index contributed by atoms with van der Waals surface area (Å²) in [5.41, 5.74) is 1.02. The van der Waals surface area contributed by atoms with Crippen LogP contribution in [0, 0.1) is 0 Å². The fourth-order valence-corrected chi connectivity index (χ4v) is 5.50. The molecule has 3 fully saturated rings. The molecule has 3 saturated heterocycles. The third-order valence-electron chi connectivity index (χ3n) is 7.64. The van der Waals surface area contributed by atoms with Crippen LogP contribution in [0.4, 0.5) is 20.5 Å². The Balaban J connectivity index is 1.23. The molecule has 1 N–H and O–H groups in total. The molecular formula is C27H34F2N8O3. The minimum atomic E-state index is -2.78. The average molecular weight is 557 g/mol. The van der Waals surface area contributed by atoms with Gasteiger partial charge in [-0.05, 0) is 18.6 Å². The lowest BCUT2D eigenvalue weighted by atomic mass is 10.2. The molecule has 0 radical (unpaired) electrons. The summed E-state index contributed by atoms with van der Waals surface area (Å²) in [5, 5.41) is 3.46. The zero-order chi connectivity index (χ0) is 27.5. The maximum atomic E-state index is 14.1. The SMILES string of the molecule is O=C(CCN1CCOCC1)N1CC[C@H](Nc2cc(-n3c(C(F)F)nc4ccccc43)nc(N3CCOCC3)n2)C1. The lowest BCUT2D eigenvalue weighted by Crippen LogP contribution is -2.39. The molecular weight excluding hydrogens is 522 g/mol. The van der Waals surface area contributed by atoms with E-state index in [1.807, 2.05) is 9.80 Å². The van der Waals surface area contributed by atoms with E-state index in [9.17, 15) is 13.6 Å². The number of carbonyl (C=O) groups excluding carboxylic acids is 1. The molecule has 40 heavy (non-hydrogen) atoms. The summed E-state index contributed by atoms with van der Waals surface area (Å²) in [5.74, 6) is 1.06. The Morgan fingerprint density at radius 1 is 1.00 bits per heavy atom. The fraction of sp³-hybridized carbons (Fsp3) is 0.556. The number of nitrogens with one attached hydrogen (secondary N) is 1. The van der Waals surface area contributed by atoms with Crippen LogP contribution < -0.4 is 10.2 Å². The number of amides is 1. The number of nitrogens with zero attached hydrogens (tertiary/aromatic N) is 7. The molecule has 1 aromatic carbocycles. The summed E-state index contributed by atoms with van der Waals surface area (Å²) in [6, 6.07) is 8.71. The van der Waals surface area contributed by atoms with Gasteiger partial charge in [0, 0.05) is 64.3 Å². The minimum Gasteiger partial charge on any atom is -0.379 e. The van der Waals surface area contributed by atoms with Crippen molar-refractivity contribution in [3.8, 4) is 5.82 Å². The second-order valence-corrected chi connectivity index (χ2v) is 10.3. The summed E-state index contributed by atoms with van der Waals surface area (Å²) in [6.45, 7) is 7.38. The minimum absolute atomic E-state index is 0.0123. The maximum absolute atomic E-state index is 14.1. The number of ether oxygens (including phenoxy) is 2. The van der Waals surface area contributed by atoms with Gasteiger partial charge in [-0.3, -0.25) is 14.3 Å². The second kappa shape index (κ2) is 12.0. The molecule has 11 nitrogen and oxygen atoms in total. The molecule has 3 aliphatic rings. The summed E-state index contributed by atoms with van der Waals surface area (Å²) in [4.78, 5) is 32.7. The molecule has 3 aliphatic heterocycles. The predicted octanol–water partition coefficient (Wildman–Crippen LogP) is 2.32. The molecule has 13 heteroatoms. The number of morpholine rings is 2. The van der Waals surface area contributed by atoms with Gasteiger partial charge in [0.05, 0.1) is 37.5 Å². The van der Waals surface area contributed by atoms with Gasteiger partial charge >= 0.3 is 0 Å². The van der Waals surface area contributed by atoms with Crippen LogP contribution in [0.2, 0.25) is 0 Å². The van der Waals surface area contributed by atoms with E-state index in [1.165, 1.54) is 4.57 Å². The van der Waals surface area contributed by atoms with Crippen molar-refractivity contribution in [1.82, 2.24) is 29.3 Å². The van der Waals surface area contributed by atoms with Crippen molar-refractivity contribution in [3.05, 3.63) is 36.2 Å². The molecule has 3 aromatic rings. The highest BCUT2D eigenvalue weighted by molar-refractivity contribution is 5.78. The first-order valence-electron chi connectivity index (χ1n) is 13.9. The quantitative estimate of drug-likeness (QED) is 0.448. The molecule has 214 valence electrons. The van der Waals surface area contributed by atoms with Crippen LogP contribution in [0.5, 0.6) is 0 Å². The topological polar surface area (TPSA) is 101 Å². The third-order valence-corrected chi connectivity index (χ3v) is 7.64. The molecule has 0 saturated carbocycles. The van der Waals surface area contributed by atoms with Gasteiger partial charge in [0.25, 0.3) is 6.43 Å². The normalized spacial score (nSPS) is 20.5. The summed E-state index contributed by atoms with van der Waals surface area (Å²) in [6.07, 6.45) is -1.53. The molecule has 2 aromatic heterocycles. The van der Waals surface area contributed by atoms with Crippen molar-refractivity contribution >= 4 is 28.7 Å². The Morgan fingerprint density at radius 2 is 1.75 bits per heavy atom. The number of imidazole rings is 1. The highest BCUT2D eigenvalue weighted by Crippen LogP contribution is 2.29. The van der Waals surface area contributed by atoms with Gasteiger partial charge in [-0.2, -0.15) is 9.97 Å². The van der Waals surface area contributed by atoms with E-state index in [2.05, 4.69) is 15.2 Å². The largest absolute Gasteiger partial charge is 0.379 e. The van der Waals surface area contributed by atoms with Crippen LogP contribution in [0.15, 0.2) is 30.3 Å². The number of halogens is 2. The van der Waals surface area contributed by atoms with Crippen LogP contribution >= 0.6 is 0 Å². The Kier molecular flexibility index (Phi) is 8.03. The smallest absolute Gasteiger partial charge is 0.296 e. The summed E-state index contributed by atoms with van der Waals surface area (Å²) < 4.78 is 40.5. The third kappa shape index (κ3) is 5.86. The van der Waals surface area contributed by atoms with E-state index >= 15 is 0 Å². The Hall–Kier alpha value is -3.42. The van der Waals surface area contributed by atoms with E-state index in [1.54, 1.807) is 30.3 Å². The molecule has 0 spiro atoms. The molecule has 6 rings (SSSR count). The standard InChI is InChI=1S/C27H34F2N8O3/c28-25(29)26-31-20-3-1-2-4-21(20)37(26)23-17-22(32-27(33-23)35-11-15-40-16-12-35)30-19-5-8-36(18-19)24(38)6-7-34-9-13-39-14-10-34/h1-4,17,19,25H,5-16,18H2,(H,30,32,33)/t19-/m0/s1. The van der Waals surface area contributed by atoms with Crippen LogP contribution in [-0.2, 0) is 14.3 Å². The monoisotopic (exact) mass is 556 g/mol. The van der Waals surface area contributed by atoms with Crippen LogP contribution in [0.25, 0.3) is 16.9 Å². The van der Waals surface area contributed by atoms with Crippen LogP contribution in [0.1, 0.15) is 25.1 Å². The predicted molar refractivity (Wildman–Crippen MR) is 145 cm³/mol. The van der Waals surface area contributed by atoms with Crippen molar-refractivity contribution in [2.45, 2.75) is 25.3 Å². The number of likely N-dealkylation sites (tertiary alicyclic amines) is 1. The Labute approximate surface area is 231 Å². The number of anilines is 2. The zero-order valence-corrected chi connectivity index (χ0v) is 22.3. The van der Waals surface area contributed by atoms with Crippen molar-refractivity contribution in [3.63, 3.8) is 0 Å². The number of carbonyl (C=O) groups is 1. The van der Waals surface area contributed by atoms with Crippen molar-refractivity contribution in [2.24, 2.45) is 0 Å². The average Bonchev–Trinajstić information content (AvgIpc) is 3.62. The molecule has 0 unspecified atom stereocenters. The summed E-state index contributed by atoms with van der Waals surface area (Å²) in [7, 11) is 0. The van der Waals surface area contributed by atoms with E-state index in [0.29, 0.717) is 87.6 Å². The van der Waals surface area contributed by atoms with Gasteiger partial charge < -0.3 is 24.6 Å². The highest BCUT2D eigenvalue weighted by atomic mass is 19.3. The second-order valence-electron chi connectivity index (χ2n) is 10.3. The van der Waals surface area contributed by atoms with E-state index in [4.69, 9.17) is 19.4 Å². The first-order valence-corrected chi connectivity index (χ1v) is 13.9. The maximum Gasteiger partial charge on any atom is 0.296 e. The van der Waals surface area contributed by atoms with E-state index in [-0.39, 0.29) is 17.8 Å². The molecule has 1 amide bonds. The van der Waals surface area contributed by atoms with E-state index in [0.717, 1.165) is 26.1 Å². The molecule has 0 bridgehead atoms. The number of para-hydroxylation sites is 2. The first kappa shape index (κ1) is 26.8. The number of alkyl halides is 2. The van der Waals surface area contributed by atoms with Crippen molar-refractivity contribution < 1.29 is 23.0 Å². The van der Waals surface area contributed by atoms with Gasteiger partial charge in [-0.25, -0.2) is 13.8 Å². The Morgan fingerprint density at radius 3 is 2.52 bits per heavy atom. The first-order chi connectivity index (χ1) is 19.5. The Bertz CT molecular complexity index is 1330. The van der Waals surface area contributed by atoms with E-state index < -0.39 is 6.43 Å². The number of benzene rings is 1. The number of aromatic nitrogens is 4. The molecule has 5 heterocycles. The summed E-state index contributed by atoms with van der Waals surface area (Å²) >= 11 is 0. The lowest BCUT2D eigenvalue weighted by Gasteiger charge is -2.28. The van der Waals surface area contributed by atoms with Crippen molar-refractivity contribution in [1.29, 1.82) is 0 Å². The zero-order valence-electron chi connectivity index (χ0n) is 22.3. The fourth-order valence-electron chi connectivity index (χ4n) is 5.50. The van der Waals surface area contributed by atoms with Gasteiger partial charge in [-0.15, -0.1) is 0 Å². The number of hydrogen-bond acceptors (Lipinski definition) is 9. The van der Waals surface area contributed by atoms with Gasteiger partial charge in [0.1, 0.15) is 11.6 Å². The number of fused-ring (bicyclic) bond motifs is 1. The van der Waals surface area contributed by atoms with Gasteiger partial charge in [-0.1, -0.05) is 12.1 Å². The van der Waals surface area contributed by atoms with Crippen molar-refractivity contribution in [2.75, 3.05) is 82.5 Å². The van der Waals surface area contributed by atoms with Crippen LogP contribution in [0.3, 0.4) is 0 Å². The molecule has 0 aliphatic carbocycles. The number of hydrogen-bond donors (Lipinski definition) is 1.